The normalized spacial score (nSPS) is 19.1. The Morgan fingerprint density at radius 1 is 1.07 bits per heavy atom. The summed E-state index contributed by atoms with van der Waals surface area (Å²) in [5.41, 5.74) is 0.402. The van der Waals surface area contributed by atoms with Crippen LogP contribution in [0.15, 0.2) is 52.3 Å². The van der Waals surface area contributed by atoms with Crippen molar-refractivity contribution in [1.82, 2.24) is 0 Å². The summed E-state index contributed by atoms with van der Waals surface area (Å²) in [7, 11) is -11.8. The second kappa shape index (κ2) is 7.34. The largest absolute Gasteiger partial charge is 0.280 e. The van der Waals surface area contributed by atoms with Gasteiger partial charge in [-0.2, -0.15) is 0 Å². The molecule has 162 valence electrons. The summed E-state index contributed by atoms with van der Waals surface area (Å²) in [6.45, 7) is 2.98. The second-order valence-corrected chi connectivity index (χ2v) is 12.0. The van der Waals surface area contributed by atoms with Gasteiger partial charge in [-0.25, -0.2) is 34.7 Å². The van der Waals surface area contributed by atoms with Crippen LogP contribution in [0.5, 0.6) is 0 Å². The molecule has 0 unspecified atom stereocenters. The quantitative estimate of drug-likeness (QED) is 0.648. The lowest BCUT2D eigenvalue weighted by atomic mass is 10.2. The zero-order chi connectivity index (χ0) is 22.5. The number of rotatable bonds is 5. The van der Waals surface area contributed by atoms with Crippen molar-refractivity contribution in [3.63, 3.8) is 0 Å². The first-order valence-electron chi connectivity index (χ1n) is 8.55. The average molecular weight is 474 g/mol. The van der Waals surface area contributed by atoms with Gasteiger partial charge in [-0.05, 0) is 55.0 Å². The van der Waals surface area contributed by atoms with Crippen molar-refractivity contribution in [2.24, 2.45) is 11.1 Å². The Morgan fingerprint density at radius 3 is 2.13 bits per heavy atom. The summed E-state index contributed by atoms with van der Waals surface area (Å²) >= 11 is 0. The highest BCUT2D eigenvalue weighted by Crippen LogP contribution is 2.31. The molecule has 3 rings (SSSR count). The number of primary sulfonamides is 1. The van der Waals surface area contributed by atoms with Crippen LogP contribution in [0, 0.1) is 12.8 Å². The maximum atomic E-state index is 12.7. The van der Waals surface area contributed by atoms with Crippen LogP contribution in [-0.4, -0.2) is 36.9 Å². The standard InChI is InChI=1S/C17H19N3O7S3/c1-11-9-14(20-17(21)12(2)10-28(20,22)23)5-8-16(11)30(26,27)19-13-3-6-15(7-4-13)29(18,24)25/h3-9,12,19H,10H2,1-2H3,(H2,18,24,25)/t12-/m0/s1. The molecule has 13 heteroatoms. The molecule has 1 atom stereocenters. The van der Waals surface area contributed by atoms with Crippen LogP contribution in [0.2, 0.25) is 0 Å². The number of hydrogen-bond donors (Lipinski definition) is 2. The van der Waals surface area contributed by atoms with Gasteiger partial charge in [0.05, 0.1) is 27.1 Å². The molecule has 1 saturated heterocycles. The molecular formula is C17H19N3O7S3. The van der Waals surface area contributed by atoms with Crippen molar-refractivity contribution in [3.8, 4) is 0 Å². The number of nitrogens with zero attached hydrogens (tertiary/aromatic N) is 1. The topological polar surface area (TPSA) is 161 Å². The Kier molecular flexibility index (Phi) is 5.43. The van der Waals surface area contributed by atoms with Gasteiger partial charge in [0.2, 0.25) is 26.0 Å². The number of carbonyl (C=O) groups is 1. The summed E-state index contributed by atoms with van der Waals surface area (Å²) in [4.78, 5) is 11.9. The Hall–Kier alpha value is -2.48. The molecule has 1 fully saturated rings. The first kappa shape index (κ1) is 22.2. The van der Waals surface area contributed by atoms with E-state index in [-0.39, 0.29) is 32.5 Å². The molecule has 1 heterocycles. The number of nitrogens with one attached hydrogen (secondary N) is 1. The summed E-state index contributed by atoms with van der Waals surface area (Å²) < 4.78 is 75.5. The van der Waals surface area contributed by atoms with Crippen LogP contribution in [-0.2, 0) is 34.9 Å². The van der Waals surface area contributed by atoms with E-state index >= 15 is 0 Å². The van der Waals surface area contributed by atoms with Crippen molar-refractivity contribution >= 4 is 47.4 Å². The van der Waals surface area contributed by atoms with Crippen LogP contribution in [0.4, 0.5) is 11.4 Å². The fourth-order valence-electron chi connectivity index (χ4n) is 3.07. The monoisotopic (exact) mass is 473 g/mol. The Bertz CT molecular complexity index is 1330. The van der Waals surface area contributed by atoms with E-state index in [1.54, 1.807) is 0 Å². The number of hydrogen-bond acceptors (Lipinski definition) is 7. The number of anilines is 2. The lowest BCUT2D eigenvalue weighted by Gasteiger charge is -2.17. The zero-order valence-corrected chi connectivity index (χ0v) is 18.4. The van der Waals surface area contributed by atoms with Gasteiger partial charge in [-0.3, -0.25) is 9.52 Å². The van der Waals surface area contributed by atoms with E-state index in [0.717, 1.165) is 12.1 Å². The number of nitrogens with two attached hydrogens (primary N) is 1. The third kappa shape index (κ3) is 4.19. The zero-order valence-electron chi connectivity index (χ0n) is 15.9. The summed E-state index contributed by atoms with van der Waals surface area (Å²) in [6.07, 6.45) is 0. The fourth-order valence-corrected chi connectivity index (χ4v) is 6.69. The number of carbonyl (C=O) groups excluding carboxylic acids is 1. The third-order valence-corrected chi connectivity index (χ3v) is 8.82. The van der Waals surface area contributed by atoms with Gasteiger partial charge in [-0.15, -0.1) is 0 Å². The molecule has 30 heavy (non-hydrogen) atoms. The molecule has 0 bridgehead atoms. The minimum Gasteiger partial charge on any atom is -0.280 e. The first-order chi connectivity index (χ1) is 13.7. The third-order valence-electron chi connectivity index (χ3n) is 4.48. The lowest BCUT2D eigenvalue weighted by molar-refractivity contribution is -0.119. The van der Waals surface area contributed by atoms with E-state index in [2.05, 4.69) is 4.72 Å². The molecule has 3 N–H and O–H groups in total. The molecule has 1 amide bonds. The van der Waals surface area contributed by atoms with Gasteiger partial charge >= 0.3 is 0 Å². The van der Waals surface area contributed by atoms with Crippen LogP contribution < -0.4 is 14.2 Å². The molecule has 2 aromatic carbocycles. The van der Waals surface area contributed by atoms with Crippen molar-refractivity contribution in [2.45, 2.75) is 23.6 Å². The molecule has 0 saturated carbocycles. The Balaban J connectivity index is 1.92. The van der Waals surface area contributed by atoms with Crippen LogP contribution in [0.1, 0.15) is 12.5 Å². The number of aryl methyl sites for hydroxylation is 1. The minimum absolute atomic E-state index is 0.0679. The number of benzene rings is 2. The fraction of sp³-hybridized carbons (Fsp3) is 0.235. The van der Waals surface area contributed by atoms with Crippen molar-refractivity contribution in [3.05, 3.63) is 48.0 Å². The molecule has 0 radical (unpaired) electrons. The smallest absolute Gasteiger partial charge is 0.262 e. The summed E-state index contributed by atoms with van der Waals surface area (Å²) in [5, 5.41) is 5.01. The molecule has 2 aromatic rings. The summed E-state index contributed by atoms with van der Waals surface area (Å²) in [6, 6.07) is 8.58. The molecule has 1 aliphatic heterocycles. The van der Waals surface area contributed by atoms with E-state index in [1.807, 2.05) is 0 Å². The molecular weight excluding hydrogens is 454 g/mol. The highest BCUT2D eigenvalue weighted by atomic mass is 32.2. The van der Waals surface area contributed by atoms with Gasteiger partial charge in [-0.1, -0.05) is 6.92 Å². The predicted molar refractivity (Wildman–Crippen MR) is 110 cm³/mol. The van der Waals surface area contributed by atoms with Gasteiger partial charge in [0.25, 0.3) is 10.0 Å². The molecule has 0 aromatic heterocycles. The minimum atomic E-state index is -4.07. The molecule has 0 spiro atoms. The van der Waals surface area contributed by atoms with E-state index in [0.29, 0.717) is 4.31 Å². The lowest BCUT2D eigenvalue weighted by Crippen LogP contribution is -2.30. The first-order valence-corrected chi connectivity index (χ1v) is 13.2. The summed E-state index contributed by atoms with van der Waals surface area (Å²) in [5.74, 6) is -1.56. The molecule has 1 aliphatic rings. The van der Waals surface area contributed by atoms with E-state index < -0.39 is 41.9 Å². The van der Waals surface area contributed by atoms with Crippen molar-refractivity contribution < 1.29 is 30.0 Å². The average Bonchev–Trinajstić information content (AvgIpc) is 2.81. The maximum Gasteiger partial charge on any atom is 0.262 e. The number of amides is 1. The Morgan fingerprint density at radius 2 is 1.67 bits per heavy atom. The SMILES string of the molecule is Cc1cc(N2C(=O)[C@@H](C)CS2(=O)=O)ccc1S(=O)(=O)Nc1ccc(S(N)(=O)=O)cc1. The Labute approximate surface area is 174 Å². The molecule has 0 aliphatic carbocycles. The van der Waals surface area contributed by atoms with Gasteiger partial charge in [0, 0.05) is 5.69 Å². The maximum absolute atomic E-state index is 12.7. The van der Waals surface area contributed by atoms with Gasteiger partial charge < -0.3 is 0 Å². The van der Waals surface area contributed by atoms with Gasteiger partial charge in [0.1, 0.15) is 0 Å². The highest BCUT2D eigenvalue weighted by Gasteiger charge is 2.42. The number of sulfonamides is 3. The van der Waals surface area contributed by atoms with Crippen LogP contribution in [0.3, 0.4) is 0 Å². The van der Waals surface area contributed by atoms with Crippen molar-refractivity contribution in [1.29, 1.82) is 0 Å². The second-order valence-electron chi connectivity index (χ2n) is 6.91. The van der Waals surface area contributed by atoms with Crippen LogP contribution in [0.25, 0.3) is 0 Å². The van der Waals surface area contributed by atoms with Gasteiger partial charge in [0.15, 0.2) is 0 Å². The van der Waals surface area contributed by atoms with Crippen molar-refractivity contribution in [2.75, 3.05) is 14.8 Å². The van der Waals surface area contributed by atoms with Crippen LogP contribution >= 0.6 is 0 Å². The van der Waals surface area contributed by atoms with E-state index in [4.69, 9.17) is 5.14 Å². The van der Waals surface area contributed by atoms with E-state index in [9.17, 15) is 30.0 Å². The predicted octanol–water partition coefficient (Wildman–Crippen LogP) is 0.756. The van der Waals surface area contributed by atoms with E-state index in [1.165, 1.54) is 44.2 Å². The highest BCUT2D eigenvalue weighted by molar-refractivity contribution is 7.94. The molecule has 10 nitrogen and oxygen atoms in total.